The molecule has 600 valence electrons. The van der Waals surface area contributed by atoms with Crippen molar-refractivity contribution in [2.75, 3.05) is 21.7 Å². The number of aryl methyl sites for hydroxylation is 4. The maximum absolute atomic E-state index is 13.3. The van der Waals surface area contributed by atoms with Gasteiger partial charge in [-0.3, -0.25) is 9.44 Å². The van der Waals surface area contributed by atoms with E-state index in [0.29, 0.717) is 41.7 Å². The highest BCUT2D eigenvalue weighted by atomic mass is 79.9. The van der Waals surface area contributed by atoms with E-state index in [1.54, 1.807) is 60.7 Å². The number of phenols is 1. The van der Waals surface area contributed by atoms with Crippen LogP contribution in [0.4, 0.5) is 17.1 Å². The molecule has 2 aliphatic carbocycles. The van der Waals surface area contributed by atoms with E-state index in [4.69, 9.17) is 25.9 Å². The largest absolute Gasteiger partial charge is 0.506 e. The molecule has 11 aromatic carbocycles. The number of nitrogens with two attached hydrogens (primary N) is 1. The fourth-order valence-electron chi connectivity index (χ4n) is 14.3. The lowest BCUT2D eigenvalue weighted by Crippen LogP contribution is -2.31. The smallest absolute Gasteiger partial charge is 0.237 e. The molecule has 3 unspecified atom stereocenters. The zero-order valence-electron chi connectivity index (χ0n) is 63.8. The molecule has 0 bridgehead atoms. The van der Waals surface area contributed by atoms with Crippen molar-refractivity contribution in [3.63, 3.8) is 0 Å². The predicted molar refractivity (Wildman–Crippen MR) is 491 cm³/mol. The molecule has 0 saturated carbocycles. The van der Waals surface area contributed by atoms with Gasteiger partial charge in [-0.1, -0.05) is 246 Å². The van der Waals surface area contributed by atoms with Gasteiger partial charge < -0.3 is 25.6 Å². The van der Waals surface area contributed by atoms with Gasteiger partial charge >= 0.3 is 0 Å². The SMILES string of the molecule is Cc1c(Br)cc(CC2NCCc3cc(O)c(NS(=O)(=O)Cc4ccccc4)cc32)cc1Br.Cc1ccc(COc2cc3c(cc2N)C(Cc2cc(Br)c(C)c(Br)c2)CCC3)cc1.Cc1ccc(COc2cc3c(cc2NS(=O)(=O)Cc2ccccc2)C(Cc2cc(Br)c(C)c(Br)c2)CCC3)cc1.Cl.O=S(=O)(Cl)Cc1ccccc1. The van der Waals surface area contributed by atoms with Crippen molar-refractivity contribution in [3.05, 3.63) is 345 Å². The topological polar surface area (TPSA) is 203 Å². The molecule has 0 radical (unpaired) electrons. The van der Waals surface area contributed by atoms with E-state index < -0.39 is 29.1 Å². The maximum atomic E-state index is 13.3. The van der Waals surface area contributed by atoms with Crippen LogP contribution >= 0.6 is 119 Å². The van der Waals surface area contributed by atoms with E-state index in [1.807, 2.05) is 67.6 Å². The van der Waals surface area contributed by atoms with Gasteiger partial charge in [0.2, 0.25) is 29.1 Å². The number of nitrogen functional groups attached to an aromatic ring is 1. The predicted octanol–water partition coefficient (Wildman–Crippen LogP) is 24.4. The second-order valence-electron chi connectivity index (χ2n) is 29.2. The van der Waals surface area contributed by atoms with Crippen molar-refractivity contribution in [1.29, 1.82) is 0 Å². The summed E-state index contributed by atoms with van der Waals surface area (Å²) in [6, 6.07) is 68.7. The Labute approximate surface area is 733 Å². The summed E-state index contributed by atoms with van der Waals surface area (Å²) in [7, 11) is -5.70. The Morgan fingerprint density at radius 2 is 0.798 bits per heavy atom. The Kier molecular flexibility index (Phi) is 32.5. The summed E-state index contributed by atoms with van der Waals surface area (Å²) in [5, 5.41) is 14.1. The van der Waals surface area contributed by atoms with Gasteiger partial charge in [0.05, 0.1) is 34.3 Å². The number of hydrogen-bond donors (Lipinski definition) is 5. The first-order valence-corrected chi connectivity index (χ1v) is 47.8. The Hall–Kier alpha value is -6.51. The summed E-state index contributed by atoms with van der Waals surface area (Å²) in [5.41, 5.74) is 29.1. The van der Waals surface area contributed by atoms with Crippen molar-refractivity contribution in [2.24, 2.45) is 0 Å². The number of sulfonamides is 2. The molecule has 0 aromatic heterocycles. The van der Waals surface area contributed by atoms with Gasteiger partial charge in [-0.2, -0.15) is 0 Å². The number of nitrogens with one attached hydrogen (secondary N) is 3. The third kappa shape index (κ3) is 26.0. The van der Waals surface area contributed by atoms with Crippen molar-refractivity contribution >= 4 is 165 Å². The molecular weight excluding hydrogens is 1930 g/mol. The first kappa shape index (κ1) is 89.8. The zero-order valence-corrected chi connectivity index (χ0v) is 77.4. The molecule has 3 aliphatic rings. The minimum atomic E-state index is -3.67. The first-order chi connectivity index (χ1) is 53.9. The lowest BCUT2D eigenvalue weighted by Gasteiger charge is -2.28. The minimum Gasteiger partial charge on any atom is -0.506 e. The van der Waals surface area contributed by atoms with Crippen LogP contribution in [0.2, 0.25) is 0 Å². The lowest BCUT2D eigenvalue weighted by molar-refractivity contribution is 0.307. The number of phenolic OH excluding ortho intramolecular Hbond substituents is 1. The van der Waals surface area contributed by atoms with E-state index in [2.05, 4.69) is 229 Å². The lowest BCUT2D eigenvalue weighted by atomic mass is 9.79. The monoisotopic (exact) mass is 2010 g/mol. The highest BCUT2D eigenvalue weighted by molar-refractivity contribution is 9.11. The van der Waals surface area contributed by atoms with Crippen LogP contribution in [-0.2, 0) is 98.1 Å². The van der Waals surface area contributed by atoms with Crippen molar-refractivity contribution in [2.45, 2.75) is 147 Å². The molecule has 11 aromatic rings. The number of rotatable bonds is 22. The van der Waals surface area contributed by atoms with Crippen LogP contribution in [0.25, 0.3) is 0 Å². The molecular formula is C90H92Br6Cl2N4O9S3. The van der Waals surface area contributed by atoms with Crippen LogP contribution in [0.1, 0.15) is 149 Å². The van der Waals surface area contributed by atoms with Gasteiger partial charge in [-0.05, 0) is 285 Å². The van der Waals surface area contributed by atoms with Crippen molar-refractivity contribution < 1.29 is 39.8 Å². The molecule has 0 fully saturated rings. The third-order valence-electron chi connectivity index (χ3n) is 20.4. The second kappa shape index (κ2) is 41.3. The molecule has 1 heterocycles. The molecule has 114 heavy (non-hydrogen) atoms. The highest BCUT2D eigenvalue weighted by Gasteiger charge is 2.29. The van der Waals surface area contributed by atoms with E-state index in [-0.39, 0.29) is 53.1 Å². The Morgan fingerprint density at radius 1 is 0.430 bits per heavy atom. The summed E-state index contributed by atoms with van der Waals surface area (Å²) < 4.78 is 97.6. The molecule has 3 atom stereocenters. The Bertz CT molecular complexity index is 5460. The van der Waals surface area contributed by atoms with E-state index in [0.717, 1.165) is 135 Å². The average Bonchev–Trinajstić information content (AvgIpc) is 0.789. The standard InChI is InChI=1S/C33H33Br2NO3S.C26H27Br2NO.C24H24Br2N2O3S.C7H7ClO2S.ClH/c1-22-11-13-24(14-12-22)20-39-33-18-28-10-6-9-27(15-26-16-30(34)23(2)31(35)17-26)29(28)19-32(33)36-40(37,38)21-25-7-4-3-5-8-25;1-16-6-8-18(9-7-16)15-30-26-13-21-5-3-4-20(22(21)14-25(26)29)10-19-11-23(27)17(2)24(28)12-19;1-15-20(25)9-17(10-21(15)26)11-22-19-13-23(24(29)12-18(19)7-8-27-22)28-32(30,31)14-16-5-3-2-4-6-16;8-11(9,10)6-7-4-2-1-3-5-7;/h3-5,7-8,11-14,16-19,27,36H,6,9-10,15,20-21H2,1-2H3;6-9,11-14,20H,3-5,10,15,29H2,1-2H3;2-6,9-10,12-13,22,27-29H,7-8,11,14H2,1H3;1-5H,6H2;1H. The average molecular weight is 2020 g/mol. The van der Waals surface area contributed by atoms with E-state index in [9.17, 15) is 30.4 Å². The molecule has 6 N–H and O–H groups in total. The molecule has 24 heteroatoms. The van der Waals surface area contributed by atoms with Crippen LogP contribution in [0, 0.1) is 34.6 Å². The van der Waals surface area contributed by atoms with Gasteiger partial charge in [-0.25, -0.2) is 25.3 Å². The van der Waals surface area contributed by atoms with Crippen LogP contribution in [0.15, 0.2) is 239 Å². The molecule has 13 nitrogen and oxygen atoms in total. The van der Waals surface area contributed by atoms with Gasteiger partial charge in [0.15, 0.2) is 0 Å². The number of ether oxygens (including phenoxy) is 2. The highest BCUT2D eigenvalue weighted by Crippen LogP contribution is 2.44. The van der Waals surface area contributed by atoms with E-state index >= 15 is 0 Å². The first-order valence-electron chi connectivity index (χ1n) is 37.3. The summed E-state index contributed by atoms with van der Waals surface area (Å²) in [6.45, 7) is 12.1. The zero-order chi connectivity index (χ0) is 80.7. The summed E-state index contributed by atoms with van der Waals surface area (Å²) in [6.07, 6.45) is 9.99. The fraction of sp³-hybridized carbons (Fsp3) is 0.267. The summed E-state index contributed by atoms with van der Waals surface area (Å²) in [4.78, 5) is 0. The Morgan fingerprint density at radius 3 is 1.23 bits per heavy atom. The molecule has 0 spiro atoms. The summed E-state index contributed by atoms with van der Waals surface area (Å²) in [5.74, 6) is 1.73. The fourth-order valence-corrected chi connectivity index (χ4v) is 21.5. The normalized spacial score (nSPS) is 14.9. The van der Waals surface area contributed by atoms with Crippen LogP contribution < -0.4 is 30.0 Å². The van der Waals surface area contributed by atoms with E-state index in [1.165, 1.54) is 68.5 Å². The van der Waals surface area contributed by atoms with Gasteiger partial charge in [0, 0.05) is 43.6 Å². The molecule has 1 aliphatic heterocycles. The van der Waals surface area contributed by atoms with Crippen molar-refractivity contribution in [1.82, 2.24) is 5.32 Å². The van der Waals surface area contributed by atoms with Crippen LogP contribution in [0.3, 0.4) is 0 Å². The minimum absolute atomic E-state index is 0. The molecule has 14 rings (SSSR count). The number of hydrogen-bond acceptors (Lipinski definition) is 11. The molecule has 0 amide bonds. The van der Waals surface area contributed by atoms with Gasteiger partial charge in [0.25, 0.3) is 0 Å². The number of anilines is 3. The number of benzene rings is 11. The Balaban J connectivity index is 0.000000170. The summed E-state index contributed by atoms with van der Waals surface area (Å²) >= 11 is 22.0. The third-order valence-corrected chi connectivity index (χ3v) is 28.8. The van der Waals surface area contributed by atoms with Crippen molar-refractivity contribution in [3.8, 4) is 17.2 Å². The number of halogens is 8. The second-order valence-corrected chi connectivity index (χ2v) is 40.6. The van der Waals surface area contributed by atoms with Crippen LogP contribution in [0.5, 0.6) is 17.2 Å². The number of fused-ring (bicyclic) bond motifs is 3. The maximum Gasteiger partial charge on any atom is 0.237 e. The quantitative estimate of drug-likeness (QED) is 0.0245. The van der Waals surface area contributed by atoms with Gasteiger partial charge in [-0.15, -0.1) is 12.4 Å². The van der Waals surface area contributed by atoms with Crippen LogP contribution in [-0.4, -0.2) is 36.9 Å². The molecule has 0 saturated heterocycles. The number of aromatic hydroxyl groups is 1. The van der Waals surface area contributed by atoms with Gasteiger partial charge in [0.1, 0.15) is 30.5 Å².